The summed E-state index contributed by atoms with van der Waals surface area (Å²) < 4.78 is 52.9. The molecule has 15 aromatic rings. The minimum absolute atomic E-state index is 0.0141. The van der Waals surface area contributed by atoms with Crippen LogP contribution in [0.15, 0.2) is 214 Å². The number of H-pyrrole nitrogens is 5. The highest BCUT2D eigenvalue weighted by atomic mass is 19.1. The van der Waals surface area contributed by atoms with Crippen LogP contribution in [0.3, 0.4) is 0 Å². The van der Waals surface area contributed by atoms with E-state index in [2.05, 4.69) is 242 Å². The number of nitrogens with one attached hydrogen (secondary N) is 10. The zero-order chi connectivity index (χ0) is 98.1. The molecule has 728 valence electrons. The predicted octanol–water partition coefficient (Wildman–Crippen LogP) is 18.6. The number of methoxy groups -OCH3 is 1. The van der Waals surface area contributed by atoms with Gasteiger partial charge in [-0.2, -0.15) is 35.7 Å². The van der Waals surface area contributed by atoms with E-state index in [1.807, 2.05) is 110 Å². The standard InChI is InChI=1S/C24H32N6O.C22H25F2N5O.C22H27N5O.C20H21N5O.C18H19N5O2/c1-23(2)12-18(13-24(3,4)29-23)30(5)22-10-9-20(27-28-22)19-8-7-16(11-21(19)31-6)17-14-25-26-15-17;1-21(2)9-14(10-22(3,4)29-21)30-20-6-5-19(27-28-20)16-8-17(23)15(7-18(16)24)13-11-25-26-12-13;1-21(2)11-18(12-22(3,4)27-21)28-20-10-9-19(25-26-20)16-7-5-15(6-8-16)17-13-23-24-14-17;26-20-9-12(14-10-21-22-11-14)1-4-17(20)19-6-5-18(24-25-19)13-7-15-2-3-16(8-13)23-15;24-17-9-12(13-10-20-21-11-13)1-2-15(17)16-3-4-18(23-22-16)25-14-5-7-19-8-6-14/h7-11,14-15,18,29H,12-13H2,1-6H3,(H,25,26);5-8,11-12,14,29H,9-10H2,1-4H3,(H,25,26);5-10,13-14,18,27H,11-12H2,1-4H3,(H,23,24);1,4-6,9-11,13,15-16,23,26H,2-3,7-8H2,(H,21,22);1-4,9-11,14,19,24H,5-8H2,(H,20,21)/t;;;13?,15-,16+;. The van der Waals surface area contributed by atoms with Crippen molar-refractivity contribution >= 4 is 5.82 Å². The van der Waals surface area contributed by atoms with E-state index in [-0.39, 0.29) is 79.9 Å². The number of nitrogens with zero attached hydrogens (tertiary/aromatic N) is 16. The molecule has 6 aliphatic rings. The van der Waals surface area contributed by atoms with E-state index in [1.165, 1.54) is 25.2 Å². The average Bonchev–Trinajstić information content (AvgIpc) is 1.08. The minimum atomic E-state index is -0.586. The number of aromatic nitrogens is 20. The number of halogens is 2. The summed E-state index contributed by atoms with van der Waals surface area (Å²) in [5, 5.41) is 115. The summed E-state index contributed by atoms with van der Waals surface area (Å²) in [5.41, 5.74) is 16.2. The Kier molecular flexibility index (Phi) is 29.1. The van der Waals surface area contributed by atoms with E-state index in [4.69, 9.17) is 18.9 Å². The zero-order valence-corrected chi connectivity index (χ0v) is 81.6. The number of hydrogen-bond acceptors (Lipinski definition) is 27. The van der Waals surface area contributed by atoms with Crippen LogP contribution in [0, 0.1) is 11.6 Å². The number of aromatic amines is 5. The SMILES string of the molecule is CC1(C)CC(Oc2ccc(-c3cc(F)c(-c4cn[nH]c4)cc3F)nn2)CC(C)(C)N1.CC1(C)CC(Oc2ccc(-c3ccc(-c4cn[nH]c4)cc3)nn2)CC(C)(C)N1.COc1cc(-c2cn[nH]c2)ccc1-c1ccc(N(C)C2CC(C)(C)NC(C)(C)C2)nn1.Oc1cc(-c2cn[nH]c2)ccc1-c1ccc(C2C[C@H]3CC[C@@H](C2)N3)nn1.Oc1cc(-c2cn[nH]c2)ccc1-c1ccc(OC2CCNCC2)nn1. The smallest absolute Gasteiger partial charge is 0.233 e. The lowest BCUT2D eigenvalue weighted by atomic mass is 9.79. The molecule has 0 radical (unpaired) electrons. The lowest BCUT2D eigenvalue weighted by Gasteiger charge is -2.49. The molecule has 0 spiro atoms. The number of phenolic OH excluding ortho intramolecular Hbond substituents is 2. The van der Waals surface area contributed by atoms with Gasteiger partial charge in [-0.1, -0.05) is 42.5 Å². The van der Waals surface area contributed by atoms with Crippen LogP contribution >= 0.6 is 0 Å². The summed E-state index contributed by atoms with van der Waals surface area (Å²) in [7, 11) is 3.79. The highest BCUT2D eigenvalue weighted by Crippen LogP contribution is 2.43. The third kappa shape index (κ3) is 24.7. The molecule has 2 bridgehead atoms. The summed E-state index contributed by atoms with van der Waals surface area (Å²) in [6.07, 6.45) is 30.1. The summed E-state index contributed by atoms with van der Waals surface area (Å²) in [6, 6.07) is 48.1. The van der Waals surface area contributed by atoms with Crippen LogP contribution in [-0.4, -0.2) is 209 Å². The molecule has 6 fully saturated rings. The van der Waals surface area contributed by atoms with Crippen molar-refractivity contribution in [2.24, 2.45) is 0 Å². The second-order valence-corrected chi connectivity index (χ2v) is 41.1. The van der Waals surface area contributed by atoms with Gasteiger partial charge in [0, 0.05) is 200 Å². The highest BCUT2D eigenvalue weighted by molar-refractivity contribution is 5.78. The summed E-state index contributed by atoms with van der Waals surface area (Å²) in [6.45, 7) is 28.4. The topological polar surface area (TPSA) is 413 Å². The fourth-order valence-corrected chi connectivity index (χ4v) is 20.8. The lowest BCUT2D eigenvalue weighted by Crippen LogP contribution is -2.62. The molecule has 0 saturated carbocycles. The minimum Gasteiger partial charge on any atom is -0.507 e. The van der Waals surface area contributed by atoms with Crippen molar-refractivity contribution in [2.45, 2.75) is 236 Å². The molecule has 12 N–H and O–H groups in total. The Morgan fingerprint density at radius 2 is 0.714 bits per heavy atom. The second kappa shape index (κ2) is 41.9. The number of anilines is 1. The van der Waals surface area contributed by atoms with E-state index < -0.39 is 11.6 Å². The number of hydrogen-bond donors (Lipinski definition) is 12. The first-order chi connectivity index (χ1) is 67.1. The number of fused-ring (bicyclic) bond motifs is 2. The molecule has 140 heavy (non-hydrogen) atoms. The van der Waals surface area contributed by atoms with Crippen molar-refractivity contribution in [3.8, 4) is 147 Å². The van der Waals surface area contributed by atoms with Crippen LogP contribution < -0.4 is 50.4 Å². The molecule has 16 heterocycles. The van der Waals surface area contributed by atoms with Crippen molar-refractivity contribution in [3.63, 3.8) is 0 Å². The Morgan fingerprint density at radius 1 is 0.343 bits per heavy atom. The normalized spacial score (nSPS) is 19.0. The third-order valence-corrected chi connectivity index (χ3v) is 26.4. The molecule has 1 unspecified atom stereocenters. The second-order valence-electron chi connectivity index (χ2n) is 41.1. The largest absolute Gasteiger partial charge is 0.507 e. The van der Waals surface area contributed by atoms with Crippen molar-refractivity contribution in [2.75, 3.05) is 32.1 Å². The number of ether oxygens (including phenoxy) is 4. The Labute approximate surface area is 813 Å². The number of phenols is 2. The zero-order valence-electron chi connectivity index (χ0n) is 81.6. The maximum atomic E-state index is 14.6. The number of rotatable bonds is 20. The van der Waals surface area contributed by atoms with E-state index in [9.17, 15) is 19.0 Å². The van der Waals surface area contributed by atoms with Crippen LogP contribution in [0.2, 0.25) is 0 Å². The number of piperidine rings is 5. The molecular formula is C106H124F2N26O6. The molecule has 3 atom stereocenters. The molecule has 10 aromatic heterocycles. The van der Waals surface area contributed by atoms with Gasteiger partial charge in [-0.05, 0) is 261 Å². The van der Waals surface area contributed by atoms with Gasteiger partial charge in [0.2, 0.25) is 17.6 Å². The van der Waals surface area contributed by atoms with Gasteiger partial charge in [0.25, 0.3) is 0 Å². The van der Waals surface area contributed by atoms with Gasteiger partial charge >= 0.3 is 0 Å². The molecule has 5 aromatic carbocycles. The average molecular weight is 1900 g/mol. The molecule has 0 aliphatic carbocycles. The molecule has 34 heteroatoms. The van der Waals surface area contributed by atoms with Crippen LogP contribution in [0.4, 0.5) is 14.6 Å². The molecular weight excluding hydrogens is 1770 g/mol. The van der Waals surface area contributed by atoms with Gasteiger partial charge in [0.15, 0.2) is 5.82 Å². The maximum Gasteiger partial charge on any atom is 0.233 e. The number of aromatic hydroxyl groups is 2. The van der Waals surface area contributed by atoms with Crippen LogP contribution in [0.25, 0.3) is 112 Å². The number of benzene rings is 5. The first kappa shape index (κ1) is 97.5. The van der Waals surface area contributed by atoms with Gasteiger partial charge < -0.3 is 60.6 Å². The molecule has 6 saturated heterocycles. The Balaban J connectivity index is 0.000000121. The predicted molar refractivity (Wildman–Crippen MR) is 536 cm³/mol. The summed E-state index contributed by atoms with van der Waals surface area (Å²) >= 11 is 0. The molecule has 21 rings (SSSR count). The van der Waals surface area contributed by atoms with Crippen molar-refractivity contribution < 1.29 is 37.9 Å². The van der Waals surface area contributed by atoms with Crippen molar-refractivity contribution in [1.82, 2.24) is 129 Å². The van der Waals surface area contributed by atoms with Crippen LogP contribution in [0.1, 0.15) is 172 Å². The van der Waals surface area contributed by atoms with E-state index in [1.54, 1.807) is 68.4 Å². The molecule has 6 aliphatic heterocycles. The third-order valence-electron chi connectivity index (χ3n) is 26.4. The fraction of sp³-hybridized carbons (Fsp3) is 0.387. The van der Waals surface area contributed by atoms with Crippen LogP contribution in [-0.2, 0) is 0 Å². The lowest BCUT2D eigenvalue weighted by molar-refractivity contribution is 0.0518. The fourth-order valence-electron chi connectivity index (χ4n) is 20.8. The van der Waals surface area contributed by atoms with Gasteiger partial charge in [0.05, 0.1) is 72.3 Å². The van der Waals surface area contributed by atoms with Gasteiger partial charge in [-0.3, -0.25) is 25.5 Å². The van der Waals surface area contributed by atoms with E-state index in [0.29, 0.717) is 69.8 Å². The van der Waals surface area contributed by atoms with Gasteiger partial charge in [-0.25, -0.2) is 8.78 Å². The van der Waals surface area contributed by atoms with Gasteiger partial charge in [0.1, 0.15) is 47.2 Å². The Bertz CT molecular complexity index is 6490. The first-order valence-electron chi connectivity index (χ1n) is 47.8. The monoisotopic (exact) mass is 1900 g/mol. The van der Waals surface area contributed by atoms with Crippen molar-refractivity contribution in [3.05, 3.63) is 231 Å². The Hall–Kier alpha value is -14.2. The van der Waals surface area contributed by atoms with Gasteiger partial charge in [-0.15, -0.1) is 40.8 Å². The quantitative estimate of drug-likeness (QED) is 0.0337. The molecule has 32 nitrogen and oxygen atoms in total. The summed E-state index contributed by atoms with van der Waals surface area (Å²) in [4.78, 5) is 2.26. The van der Waals surface area contributed by atoms with Crippen LogP contribution in [0.5, 0.6) is 34.9 Å². The van der Waals surface area contributed by atoms with Crippen molar-refractivity contribution in [1.29, 1.82) is 0 Å². The van der Waals surface area contributed by atoms with E-state index >= 15 is 0 Å². The van der Waals surface area contributed by atoms with E-state index in [0.717, 1.165) is 174 Å². The first-order valence-corrected chi connectivity index (χ1v) is 47.8. The Morgan fingerprint density at radius 3 is 1.14 bits per heavy atom. The maximum absolute atomic E-state index is 14.6. The molecule has 0 amide bonds. The summed E-state index contributed by atoms with van der Waals surface area (Å²) in [5.74, 6) is 2.81. The highest BCUT2D eigenvalue weighted by Gasteiger charge is 2.43.